The van der Waals surface area contributed by atoms with E-state index in [0.29, 0.717) is 5.69 Å². The van der Waals surface area contributed by atoms with Gasteiger partial charge in [-0.2, -0.15) is 8.78 Å². The average molecular weight is 298 g/mol. The standard InChI is InChI=1S/C14H13F3N2O2/c1-20-13-7-11(9(18)6-8(13)15)19-10-4-2-3-5-12(10)21-14(16)17/h2-7,14,19H,18H2,1H3. The van der Waals surface area contributed by atoms with E-state index in [1.807, 2.05) is 0 Å². The largest absolute Gasteiger partial charge is 0.494 e. The first-order valence-corrected chi connectivity index (χ1v) is 5.95. The summed E-state index contributed by atoms with van der Waals surface area (Å²) in [5.74, 6) is -0.674. The van der Waals surface area contributed by atoms with Gasteiger partial charge in [0.1, 0.15) is 5.75 Å². The van der Waals surface area contributed by atoms with Gasteiger partial charge in [0.2, 0.25) is 0 Å². The molecule has 0 aliphatic carbocycles. The molecule has 2 rings (SSSR count). The first-order chi connectivity index (χ1) is 10.0. The third-order valence-electron chi connectivity index (χ3n) is 2.70. The Bertz CT molecular complexity index is 636. The average Bonchev–Trinajstić information content (AvgIpc) is 2.43. The molecule has 2 aromatic rings. The van der Waals surface area contributed by atoms with Crippen LogP contribution in [0.4, 0.5) is 30.2 Å². The number of methoxy groups -OCH3 is 1. The molecule has 0 heterocycles. The summed E-state index contributed by atoms with van der Waals surface area (Å²) < 4.78 is 47.4. The minimum atomic E-state index is -2.95. The Morgan fingerprint density at radius 3 is 2.48 bits per heavy atom. The van der Waals surface area contributed by atoms with Crippen molar-refractivity contribution in [3.8, 4) is 11.5 Å². The molecule has 2 aromatic carbocycles. The van der Waals surface area contributed by atoms with Gasteiger partial charge in [0.25, 0.3) is 0 Å². The smallest absolute Gasteiger partial charge is 0.387 e. The topological polar surface area (TPSA) is 56.5 Å². The molecule has 0 aromatic heterocycles. The van der Waals surface area contributed by atoms with E-state index in [1.54, 1.807) is 12.1 Å². The van der Waals surface area contributed by atoms with Crippen molar-refractivity contribution in [1.82, 2.24) is 0 Å². The number of nitrogens with one attached hydrogen (secondary N) is 1. The number of para-hydroxylation sites is 2. The fourth-order valence-electron chi connectivity index (χ4n) is 1.75. The summed E-state index contributed by atoms with van der Waals surface area (Å²) in [6, 6.07) is 8.52. The molecule has 0 aliphatic rings. The lowest BCUT2D eigenvalue weighted by atomic mass is 10.2. The molecule has 7 heteroatoms. The van der Waals surface area contributed by atoms with Gasteiger partial charge in [-0.05, 0) is 12.1 Å². The van der Waals surface area contributed by atoms with Crippen molar-refractivity contribution in [2.45, 2.75) is 6.61 Å². The summed E-state index contributed by atoms with van der Waals surface area (Å²) in [6.07, 6.45) is 0. The Labute approximate surface area is 119 Å². The second-order valence-electron chi connectivity index (χ2n) is 4.07. The lowest BCUT2D eigenvalue weighted by Crippen LogP contribution is -2.05. The minimum Gasteiger partial charge on any atom is -0.494 e. The zero-order chi connectivity index (χ0) is 15.4. The van der Waals surface area contributed by atoms with Crippen LogP contribution in [0.15, 0.2) is 36.4 Å². The number of hydrogen-bond donors (Lipinski definition) is 2. The van der Waals surface area contributed by atoms with Crippen LogP contribution in [0.3, 0.4) is 0 Å². The molecule has 0 aliphatic heterocycles. The van der Waals surface area contributed by atoms with Crippen LogP contribution in [0.5, 0.6) is 11.5 Å². The van der Waals surface area contributed by atoms with E-state index in [-0.39, 0.29) is 22.9 Å². The van der Waals surface area contributed by atoms with Gasteiger partial charge in [-0.3, -0.25) is 0 Å². The summed E-state index contributed by atoms with van der Waals surface area (Å²) in [5.41, 5.74) is 6.40. The molecule has 112 valence electrons. The van der Waals surface area contributed by atoms with E-state index in [9.17, 15) is 13.2 Å². The molecule has 0 saturated heterocycles. The van der Waals surface area contributed by atoms with Crippen molar-refractivity contribution in [2.75, 3.05) is 18.2 Å². The third-order valence-corrected chi connectivity index (χ3v) is 2.70. The first kappa shape index (κ1) is 14.8. The Hall–Kier alpha value is -2.57. The molecular formula is C14H13F3N2O2. The van der Waals surface area contributed by atoms with Crippen LogP contribution in [-0.2, 0) is 0 Å². The fourth-order valence-corrected chi connectivity index (χ4v) is 1.75. The summed E-state index contributed by atoms with van der Waals surface area (Å²) in [6.45, 7) is -2.95. The third kappa shape index (κ3) is 3.50. The van der Waals surface area contributed by atoms with Crippen LogP contribution in [-0.4, -0.2) is 13.7 Å². The zero-order valence-electron chi connectivity index (χ0n) is 11.1. The maximum atomic E-state index is 13.5. The highest BCUT2D eigenvalue weighted by atomic mass is 19.3. The van der Waals surface area contributed by atoms with Crippen LogP contribution in [0, 0.1) is 5.82 Å². The Kier molecular flexibility index (Phi) is 4.42. The summed E-state index contributed by atoms with van der Waals surface area (Å²) >= 11 is 0. The molecule has 3 N–H and O–H groups in total. The van der Waals surface area contributed by atoms with E-state index in [0.717, 1.165) is 6.07 Å². The second kappa shape index (κ2) is 6.25. The molecule has 0 spiro atoms. The van der Waals surface area contributed by atoms with Crippen molar-refractivity contribution in [2.24, 2.45) is 0 Å². The maximum absolute atomic E-state index is 13.5. The van der Waals surface area contributed by atoms with E-state index in [1.165, 1.54) is 25.3 Å². The zero-order valence-corrected chi connectivity index (χ0v) is 11.1. The van der Waals surface area contributed by atoms with Crippen molar-refractivity contribution in [3.05, 3.63) is 42.2 Å². The number of hydrogen-bond acceptors (Lipinski definition) is 4. The van der Waals surface area contributed by atoms with Gasteiger partial charge in [-0.1, -0.05) is 12.1 Å². The van der Waals surface area contributed by atoms with E-state index >= 15 is 0 Å². The highest BCUT2D eigenvalue weighted by Crippen LogP contribution is 2.34. The van der Waals surface area contributed by atoms with Crippen molar-refractivity contribution < 1.29 is 22.6 Å². The van der Waals surface area contributed by atoms with Crippen molar-refractivity contribution in [1.29, 1.82) is 0 Å². The molecule has 0 bridgehead atoms. The molecule has 0 saturated carbocycles. The van der Waals surface area contributed by atoms with Gasteiger partial charge in [0.05, 0.1) is 24.2 Å². The molecule has 21 heavy (non-hydrogen) atoms. The fraction of sp³-hybridized carbons (Fsp3) is 0.143. The number of ether oxygens (including phenoxy) is 2. The van der Waals surface area contributed by atoms with Gasteiger partial charge in [0, 0.05) is 12.1 Å². The number of rotatable bonds is 5. The summed E-state index contributed by atoms with van der Waals surface area (Å²) in [5, 5.41) is 2.82. The molecule has 0 radical (unpaired) electrons. The molecule has 0 fully saturated rings. The van der Waals surface area contributed by atoms with Crippen LogP contribution >= 0.6 is 0 Å². The van der Waals surface area contributed by atoms with Crippen molar-refractivity contribution >= 4 is 17.1 Å². The molecule has 0 amide bonds. The monoisotopic (exact) mass is 298 g/mol. The number of benzene rings is 2. The number of anilines is 3. The lowest BCUT2D eigenvalue weighted by molar-refractivity contribution is -0.0493. The predicted octanol–water partition coefficient (Wildman–Crippen LogP) is 3.76. The van der Waals surface area contributed by atoms with E-state index < -0.39 is 12.4 Å². The highest BCUT2D eigenvalue weighted by molar-refractivity contribution is 5.76. The van der Waals surface area contributed by atoms with Gasteiger partial charge in [-0.25, -0.2) is 4.39 Å². The SMILES string of the molecule is COc1cc(Nc2ccccc2OC(F)F)c(N)cc1F. The Morgan fingerprint density at radius 1 is 1.10 bits per heavy atom. The van der Waals surface area contributed by atoms with Gasteiger partial charge in [-0.15, -0.1) is 0 Å². The molecule has 4 nitrogen and oxygen atoms in total. The van der Waals surface area contributed by atoms with Crippen LogP contribution in [0.1, 0.15) is 0 Å². The van der Waals surface area contributed by atoms with Crippen molar-refractivity contribution in [3.63, 3.8) is 0 Å². The Balaban J connectivity index is 2.34. The van der Waals surface area contributed by atoms with Crippen LogP contribution in [0.25, 0.3) is 0 Å². The highest BCUT2D eigenvalue weighted by Gasteiger charge is 2.12. The number of nitrogen functional groups attached to an aromatic ring is 1. The Morgan fingerprint density at radius 2 is 1.81 bits per heavy atom. The molecule has 0 unspecified atom stereocenters. The van der Waals surface area contributed by atoms with Crippen LogP contribution in [0.2, 0.25) is 0 Å². The summed E-state index contributed by atoms with van der Waals surface area (Å²) in [4.78, 5) is 0. The van der Waals surface area contributed by atoms with E-state index in [2.05, 4.69) is 10.1 Å². The maximum Gasteiger partial charge on any atom is 0.387 e. The predicted molar refractivity (Wildman–Crippen MR) is 73.7 cm³/mol. The minimum absolute atomic E-state index is 0.0149. The summed E-state index contributed by atoms with van der Waals surface area (Å²) in [7, 11) is 1.31. The normalized spacial score (nSPS) is 10.5. The van der Waals surface area contributed by atoms with Crippen LogP contribution < -0.4 is 20.5 Å². The number of nitrogens with two attached hydrogens (primary N) is 1. The van der Waals surface area contributed by atoms with Gasteiger partial charge >= 0.3 is 6.61 Å². The first-order valence-electron chi connectivity index (χ1n) is 5.95. The molecular weight excluding hydrogens is 285 g/mol. The number of halogens is 3. The van der Waals surface area contributed by atoms with Gasteiger partial charge in [0.15, 0.2) is 11.6 Å². The quantitative estimate of drug-likeness (QED) is 0.825. The molecule has 0 atom stereocenters. The van der Waals surface area contributed by atoms with Gasteiger partial charge < -0.3 is 20.5 Å². The van der Waals surface area contributed by atoms with E-state index in [4.69, 9.17) is 10.5 Å². The second-order valence-corrected chi connectivity index (χ2v) is 4.07. The lowest BCUT2D eigenvalue weighted by Gasteiger charge is -2.15. The number of alkyl halides is 2.